The third-order valence-electron chi connectivity index (χ3n) is 14.7. The summed E-state index contributed by atoms with van der Waals surface area (Å²) in [4.78, 5) is 11.1. The molecular formula is C57H53BN4S. The topological polar surface area (TPSA) is 24.3 Å². The second kappa shape index (κ2) is 13.2. The van der Waals surface area contributed by atoms with E-state index in [9.17, 15) is 0 Å². The summed E-state index contributed by atoms with van der Waals surface area (Å²) < 4.78 is 5.10. The van der Waals surface area contributed by atoms with Crippen molar-refractivity contribution in [1.29, 1.82) is 0 Å². The van der Waals surface area contributed by atoms with Gasteiger partial charge in [-0.3, -0.25) is 9.47 Å². The van der Waals surface area contributed by atoms with Crippen molar-refractivity contribution < 1.29 is 0 Å². The minimum Gasteiger partial charge on any atom is -0.311 e. The number of benzene rings is 6. The standard InChI is InChI=1S/C57H53BN4S/c1-34-19-27-47-44(30-34)58-51-48(60(47)37-22-20-36(21-23-37)55(3,4)5)33-50(62-45-16-12-10-14-39(45)40-15-11-13-17-46(40)62)59-54(51)61(52-41-25-18-35(2)31-49(41)63-53(52)58)38-24-26-42-43(32-38)57(8,9)29-28-56(42,6)7/h10-27,30-33H,28-29H2,1-9H3. The number of fused-ring (bicyclic) bond motifs is 10. The van der Waals surface area contributed by atoms with Crippen molar-refractivity contribution in [2.45, 2.75) is 91.4 Å². The zero-order valence-electron chi connectivity index (χ0n) is 37.9. The summed E-state index contributed by atoms with van der Waals surface area (Å²) in [6.45, 7) is 21.1. The molecule has 4 nitrogen and oxygen atoms in total. The Kier molecular flexibility index (Phi) is 8.09. The molecule has 0 fully saturated rings. The molecule has 9 aromatic rings. The van der Waals surface area contributed by atoms with Crippen molar-refractivity contribution in [3.05, 3.63) is 161 Å². The molecule has 1 aliphatic carbocycles. The number of pyridine rings is 1. The Morgan fingerprint density at radius 2 is 1.24 bits per heavy atom. The molecule has 0 amide bonds. The largest absolute Gasteiger partial charge is 0.311 e. The summed E-state index contributed by atoms with van der Waals surface area (Å²) in [7, 11) is 0. The molecule has 2 aliphatic heterocycles. The van der Waals surface area contributed by atoms with Gasteiger partial charge in [0.1, 0.15) is 11.6 Å². The molecule has 310 valence electrons. The van der Waals surface area contributed by atoms with Gasteiger partial charge >= 0.3 is 0 Å². The minimum absolute atomic E-state index is 0.00773. The Balaban J connectivity index is 1.24. The molecule has 0 atom stereocenters. The van der Waals surface area contributed by atoms with Gasteiger partial charge in [-0.1, -0.05) is 133 Å². The molecule has 5 heterocycles. The maximum Gasteiger partial charge on any atom is 0.266 e. The number of para-hydroxylation sites is 2. The van der Waals surface area contributed by atoms with Crippen LogP contribution in [0.25, 0.3) is 37.7 Å². The van der Waals surface area contributed by atoms with Crippen molar-refractivity contribution in [3.8, 4) is 5.82 Å². The SMILES string of the molecule is Cc1ccc2c(c1)B1c3sc4cc(C)ccc4c3N(c3ccc4c(c3)C(C)(C)CCC4(C)C)c3nc(-n4c5ccccc5c5ccccc54)cc(c31)N2c1ccc(C(C)(C)C)cc1. The lowest BCUT2D eigenvalue weighted by atomic mass is 9.36. The van der Waals surface area contributed by atoms with Gasteiger partial charge in [-0.15, -0.1) is 11.3 Å². The first kappa shape index (κ1) is 38.6. The van der Waals surface area contributed by atoms with Gasteiger partial charge in [0, 0.05) is 54.5 Å². The van der Waals surface area contributed by atoms with Crippen LogP contribution in [-0.2, 0) is 16.2 Å². The lowest BCUT2D eigenvalue weighted by Gasteiger charge is -2.44. The lowest BCUT2D eigenvalue weighted by Crippen LogP contribution is -2.61. The fourth-order valence-electron chi connectivity index (χ4n) is 11.2. The van der Waals surface area contributed by atoms with Crippen LogP contribution in [0.1, 0.15) is 89.1 Å². The first-order valence-electron chi connectivity index (χ1n) is 22.7. The van der Waals surface area contributed by atoms with Crippen molar-refractivity contribution in [3.63, 3.8) is 0 Å². The number of hydrogen-bond donors (Lipinski definition) is 0. The van der Waals surface area contributed by atoms with Crippen LogP contribution >= 0.6 is 11.3 Å². The number of nitrogens with zero attached hydrogens (tertiary/aromatic N) is 4. The molecule has 63 heavy (non-hydrogen) atoms. The van der Waals surface area contributed by atoms with Crippen LogP contribution < -0.4 is 25.5 Å². The van der Waals surface area contributed by atoms with Gasteiger partial charge in [0.05, 0.1) is 16.7 Å². The van der Waals surface area contributed by atoms with Gasteiger partial charge in [0.2, 0.25) is 0 Å². The number of thiophene rings is 1. The fourth-order valence-corrected chi connectivity index (χ4v) is 12.6. The number of rotatable bonds is 3. The predicted molar refractivity (Wildman–Crippen MR) is 271 cm³/mol. The highest BCUT2D eigenvalue weighted by molar-refractivity contribution is 7.33. The quantitative estimate of drug-likeness (QED) is 0.166. The van der Waals surface area contributed by atoms with E-state index in [2.05, 4.69) is 210 Å². The Labute approximate surface area is 375 Å². The van der Waals surface area contributed by atoms with Crippen LogP contribution in [0, 0.1) is 13.8 Å². The van der Waals surface area contributed by atoms with E-state index in [4.69, 9.17) is 4.98 Å². The van der Waals surface area contributed by atoms with Gasteiger partial charge in [-0.05, 0) is 125 Å². The molecule has 6 aromatic carbocycles. The molecule has 0 saturated carbocycles. The monoisotopic (exact) mass is 836 g/mol. The van der Waals surface area contributed by atoms with E-state index in [1.54, 1.807) is 0 Å². The summed E-state index contributed by atoms with van der Waals surface area (Å²) in [6, 6.07) is 50.9. The Morgan fingerprint density at radius 1 is 0.603 bits per heavy atom. The molecule has 3 aliphatic rings. The van der Waals surface area contributed by atoms with Crippen LogP contribution in [0.3, 0.4) is 0 Å². The van der Waals surface area contributed by atoms with E-state index in [0.29, 0.717) is 0 Å². The van der Waals surface area contributed by atoms with Gasteiger partial charge < -0.3 is 4.90 Å². The maximum atomic E-state index is 6.02. The summed E-state index contributed by atoms with van der Waals surface area (Å²) in [5.41, 5.74) is 17.8. The average Bonchev–Trinajstić information content (AvgIpc) is 3.80. The van der Waals surface area contributed by atoms with E-state index in [1.165, 1.54) is 93.5 Å². The average molecular weight is 837 g/mol. The molecule has 0 bridgehead atoms. The second-order valence-electron chi connectivity index (χ2n) is 20.9. The number of aryl methyl sites for hydroxylation is 2. The lowest BCUT2D eigenvalue weighted by molar-refractivity contribution is 0.332. The van der Waals surface area contributed by atoms with Crippen LogP contribution in [-0.4, -0.2) is 16.3 Å². The molecule has 0 N–H and O–H groups in total. The van der Waals surface area contributed by atoms with Crippen LogP contribution in [0.5, 0.6) is 0 Å². The zero-order valence-corrected chi connectivity index (χ0v) is 38.7. The first-order valence-corrected chi connectivity index (χ1v) is 23.5. The number of anilines is 6. The molecule has 3 aromatic heterocycles. The fraction of sp³-hybridized carbons (Fsp3) is 0.246. The number of hydrogen-bond acceptors (Lipinski definition) is 4. The summed E-state index contributed by atoms with van der Waals surface area (Å²) in [5, 5.41) is 3.74. The van der Waals surface area contributed by atoms with Gasteiger partial charge in [0.15, 0.2) is 0 Å². The van der Waals surface area contributed by atoms with E-state index < -0.39 is 0 Å². The predicted octanol–water partition coefficient (Wildman–Crippen LogP) is 13.7. The molecule has 6 heteroatoms. The summed E-state index contributed by atoms with van der Waals surface area (Å²) in [6.07, 6.45) is 2.33. The molecule has 0 unspecified atom stereocenters. The third kappa shape index (κ3) is 5.62. The highest BCUT2D eigenvalue weighted by atomic mass is 32.1. The smallest absolute Gasteiger partial charge is 0.266 e. The summed E-state index contributed by atoms with van der Waals surface area (Å²) in [5.74, 6) is 1.91. The Bertz CT molecular complexity index is 3330. The minimum atomic E-state index is -0.00773. The van der Waals surface area contributed by atoms with Gasteiger partial charge in [-0.2, -0.15) is 0 Å². The number of aromatic nitrogens is 2. The van der Waals surface area contributed by atoms with Crippen LogP contribution in [0.4, 0.5) is 34.3 Å². The van der Waals surface area contributed by atoms with E-state index >= 15 is 0 Å². The van der Waals surface area contributed by atoms with Crippen molar-refractivity contribution in [1.82, 2.24) is 9.55 Å². The normalized spacial score (nSPS) is 16.0. The highest BCUT2D eigenvalue weighted by Crippen LogP contribution is 2.52. The van der Waals surface area contributed by atoms with Crippen molar-refractivity contribution in [2.75, 3.05) is 9.80 Å². The van der Waals surface area contributed by atoms with E-state index in [0.717, 1.165) is 34.8 Å². The molecule has 0 spiro atoms. The Hall–Kier alpha value is -6.11. The zero-order chi connectivity index (χ0) is 43.3. The third-order valence-corrected chi connectivity index (χ3v) is 15.9. The molecule has 0 radical (unpaired) electrons. The van der Waals surface area contributed by atoms with Crippen LogP contribution in [0.2, 0.25) is 0 Å². The molecule has 0 saturated heterocycles. The van der Waals surface area contributed by atoms with Gasteiger partial charge in [0.25, 0.3) is 6.71 Å². The molecule has 12 rings (SSSR count). The van der Waals surface area contributed by atoms with E-state index in [1.807, 2.05) is 11.3 Å². The first-order chi connectivity index (χ1) is 30.2. The summed E-state index contributed by atoms with van der Waals surface area (Å²) >= 11 is 1.96. The van der Waals surface area contributed by atoms with Crippen molar-refractivity contribution in [2.24, 2.45) is 0 Å². The van der Waals surface area contributed by atoms with Crippen LogP contribution in [0.15, 0.2) is 133 Å². The maximum absolute atomic E-state index is 6.02. The van der Waals surface area contributed by atoms with E-state index in [-0.39, 0.29) is 23.0 Å². The molecular weight excluding hydrogens is 784 g/mol. The van der Waals surface area contributed by atoms with Crippen molar-refractivity contribution >= 4 is 99.9 Å². The highest BCUT2D eigenvalue weighted by Gasteiger charge is 2.47. The second-order valence-corrected chi connectivity index (χ2v) is 22.0. The van der Waals surface area contributed by atoms with Gasteiger partial charge in [-0.25, -0.2) is 4.98 Å². The Morgan fingerprint density at radius 3 is 1.94 bits per heavy atom.